The molecule has 2 rings (SSSR count). The molecule has 0 radical (unpaired) electrons. The maximum absolute atomic E-state index is 13.8. The number of nitrogens with one attached hydrogen (secondary N) is 1. The second-order valence-electron chi connectivity index (χ2n) is 5.75. The summed E-state index contributed by atoms with van der Waals surface area (Å²) in [6, 6.07) is 6.45. The van der Waals surface area contributed by atoms with Gasteiger partial charge < -0.3 is 15.0 Å². The number of amides is 2. The number of carbonyl (C=O) groups excluding carboxylic acids is 2. The van der Waals surface area contributed by atoms with Crippen LogP contribution in [0, 0.1) is 5.82 Å². The van der Waals surface area contributed by atoms with E-state index in [1.54, 1.807) is 28.5 Å². The molecule has 140 valence electrons. The highest BCUT2D eigenvalue weighted by molar-refractivity contribution is 7.08. The minimum atomic E-state index is -0.440. The van der Waals surface area contributed by atoms with Crippen molar-refractivity contribution in [3.05, 3.63) is 52.0 Å². The van der Waals surface area contributed by atoms with Gasteiger partial charge in [0.15, 0.2) is 11.6 Å². The summed E-state index contributed by atoms with van der Waals surface area (Å²) in [5.41, 5.74) is 1.35. The Morgan fingerprint density at radius 2 is 2.12 bits per heavy atom. The van der Waals surface area contributed by atoms with Gasteiger partial charge in [-0.25, -0.2) is 4.39 Å². The molecule has 0 spiro atoms. The van der Waals surface area contributed by atoms with Crippen LogP contribution < -0.4 is 10.1 Å². The molecule has 26 heavy (non-hydrogen) atoms. The van der Waals surface area contributed by atoms with Gasteiger partial charge in [-0.15, -0.1) is 0 Å². The lowest BCUT2D eigenvalue weighted by Crippen LogP contribution is -2.31. The van der Waals surface area contributed by atoms with E-state index in [9.17, 15) is 14.0 Å². The number of rotatable bonds is 9. The van der Waals surface area contributed by atoms with Crippen LogP contribution in [-0.2, 0) is 11.3 Å². The molecule has 7 heteroatoms. The topological polar surface area (TPSA) is 58.6 Å². The van der Waals surface area contributed by atoms with Crippen molar-refractivity contribution in [1.82, 2.24) is 10.2 Å². The number of benzene rings is 1. The Bertz CT molecular complexity index is 734. The average molecular weight is 378 g/mol. The minimum Gasteiger partial charge on any atom is -0.494 e. The molecule has 1 N–H and O–H groups in total. The fourth-order valence-corrected chi connectivity index (χ4v) is 3.14. The van der Waals surface area contributed by atoms with Crippen LogP contribution in [0.25, 0.3) is 0 Å². The monoisotopic (exact) mass is 378 g/mol. The maximum Gasteiger partial charge on any atom is 0.252 e. The zero-order valence-electron chi connectivity index (χ0n) is 15.0. The van der Waals surface area contributed by atoms with E-state index in [-0.39, 0.29) is 17.6 Å². The second kappa shape index (κ2) is 9.91. The van der Waals surface area contributed by atoms with Crippen LogP contribution >= 0.6 is 11.3 Å². The van der Waals surface area contributed by atoms with Crippen LogP contribution in [-0.4, -0.2) is 36.9 Å². The van der Waals surface area contributed by atoms with Crippen molar-refractivity contribution in [1.29, 1.82) is 0 Å². The number of hydrogen-bond donors (Lipinski definition) is 1. The van der Waals surface area contributed by atoms with Crippen LogP contribution in [0.1, 0.15) is 35.7 Å². The first kappa shape index (κ1) is 19.9. The van der Waals surface area contributed by atoms with E-state index in [4.69, 9.17) is 4.74 Å². The normalized spacial score (nSPS) is 10.4. The van der Waals surface area contributed by atoms with Crippen LogP contribution in [0.2, 0.25) is 0 Å². The summed E-state index contributed by atoms with van der Waals surface area (Å²) in [6.07, 6.45) is 0.887. The summed E-state index contributed by atoms with van der Waals surface area (Å²) >= 11 is 1.47. The molecule has 1 aromatic carbocycles. The third kappa shape index (κ3) is 5.56. The Morgan fingerprint density at radius 1 is 1.31 bits per heavy atom. The zero-order valence-corrected chi connectivity index (χ0v) is 15.8. The van der Waals surface area contributed by atoms with Crippen molar-refractivity contribution >= 4 is 23.2 Å². The van der Waals surface area contributed by atoms with E-state index < -0.39 is 5.82 Å². The van der Waals surface area contributed by atoms with Crippen LogP contribution in [0.4, 0.5) is 4.39 Å². The van der Waals surface area contributed by atoms with Gasteiger partial charge in [-0.2, -0.15) is 11.3 Å². The highest BCUT2D eigenvalue weighted by atomic mass is 32.1. The Kier molecular flexibility index (Phi) is 7.59. The highest BCUT2D eigenvalue weighted by Gasteiger charge is 2.14. The number of methoxy groups -OCH3 is 1. The van der Waals surface area contributed by atoms with Gasteiger partial charge in [-0.05, 0) is 42.5 Å². The molecule has 0 fully saturated rings. The van der Waals surface area contributed by atoms with Gasteiger partial charge >= 0.3 is 0 Å². The molecule has 1 aromatic heterocycles. The molecular formula is C19H23FN2O3S. The van der Waals surface area contributed by atoms with Crippen molar-refractivity contribution in [2.24, 2.45) is 0 Å². The number of ether oxygens (including phenoxy) is 1. The Labute approximate surface area is 156 Å². The number of nitrogens with zero attached hydrogens (tertiary/aromatic N) is 1. The number of carbonyl (C=O) groups is 2. The number of hydrogen-bond acceptors (Lipinski definition) is 4. The standard InChI is InChI=1S/C19H23FN2O3S/c1-3-22(12-14-6-7-17(25-2)16(20)11-14)18(23)5-4-9-21-19(24)15-8-10-26-13-15/h6-8,10-11,13H,3-5,9,12H2,1-2H3,(H,21,24). The second-order valence-corrected chi connectivity index (χ2v) is 6.53. The molecule has 2 amide bonds. The molecule has 0 aliphatic rings. The molecule has 5 nitrogen and oxygen atoms in total. The lowest BCUT2D eigenvalue weighted by Gasteiger charge is -2.21. The van der Waals surface area contributed by atoms with Gasteiger partial charge in [-0.1, -0.05) is 6.07 Å². The van der Waals surface area contributed by atoms with E-state index in [1.165, 1.54) is 24.5 Å². The van der Waals surface area contributed by atoms with Gasteiger partial charge in [0.1, 0.15) is 0 Å². The Morgan fingerprint density at radius 3 is 2.73 bits per heavy atom. The predicted octanol–water partition coefficient (Wildman–Crippen LogP) is 3.45. The molecule has 0 atom stereocenters. The first-order valence-electron chi connectivity index (χ1n) is 8.45. The van der Waals surface area contributed by atoms with Gasteiger partial charge in [0.25, 0.3) is 5.91 Å². The van der Waals surface area contributed by atoms with E-state index in [0.29, 0.717) is 43.6 Å². The summed E-state index contributed by atoms with van der Waals surface area (Å²) in [4.78, 5) is 25.8. The summed E-state index contributed by atoms with van der Waals surface area (Å²) in [5, 5.41) is 6.43. The molecule has 0 saturated carbocycles. The van der Waals surface area contributed by atoms with Gasteiger partial charge in [0.05, 0.1) is 7.11 Å². The summed E-state index contributed by atoms with van der Waals surface area (Å²) in [7, 11) is 1.41. The van der Waals surface area contributed by atoms with Crippen molar-refractivity contribution in [3.63, 3.8) is 0 Å². The van der Waals surface area contributed by atoms with E-state index >= 15 is 0 Å². The lowest BCUT2D eigenvalue weighted by atomic mass is 10.1. The Hall–Kier alpha value is -2.41. The average Bonchev–Trinajstić information content (AvgIpc) is 3.18. The highest BCUT2D eigenvalue weighted by Crippen LogP contribution is 2.19. The van der Waals surface area contributed by atoms with E-state index in [1.807, 2.05) is 12.3 Å². The third-order valence-electron chi connectivity index (χ3n) is 3.96. The van der Waals surface area contributed by atoms with Crippen LogP contribution in [0.15, 0.2) is 35.0 Å². The third-order valence-corrected chi connectivity index (χ3v) is 4.64. The van der Waals surface area contributed by atoms with Crippen molar-refractivity contribution in [3.8, 4) is 5.75 Å². The molecule has 0 saturated heterocycles. The minimum absolute atomic E-state index is 0.0199. The van der Waals surface area contributed by atoms with Crippen molar-refractivity contribution in [2.75, 3.05) is 20.2 Å². The fraction of sp³-hybridized carbons (Fsp3) is 0.368. The molecule has 0 aliphatic carbocycles. The van der Waals surface area contributed by atoms with Crippen LogP contribution in [0.3, 0.4) is 0 Å². The first-order chi connectivity index (χ1) is 12.5. The summed E-state index contributed by atoms with van der Waals surface area (Å²) < 4.78 is 18.7. The lowest BCUT2D eigenvalue weighted by molar-refractivity contribution is -0.131. The maximum atomic E-state index is 13.8. The molecule has 0 bridgehead atoms. The van der Waals surface area contributed by atoms with E-state index in [2.05, 4.69) is 5.32 Å². The number of thiophene rings is 1. The SMILES string of the molecule is CCN(Cc1ccc(OC)c(F)c1)C(=O)CCCNC(=O)c1ccsc1. The fourth-order valence-electron chi connectivity index (χ4n) is 2.50. The van der Waals surface area contributed by atoms with Gasteiger partial charge in [0, 0.05) is 37.0 Å². The summed E-state index contributed by atoms with van der Waals surface area (Å²) in [6.45, 7) is 3.20. The smallest absolute Gasteiger partial charge is 0.252 e. The quantitative estimate of drug-likeness (QED) is 0.680. The zero-order chi connectivity index (χ0) is 18.9. The van der Waals surface area contributed by atoms with Gasteiger partial charge in [-0.3, -0.25) is 9.59 Å². The van der Waals surface area contributed by atoms with E-state index in [0.717, 1.165) is 0 Å². The Balaban J connectivity index is 1.79. The van der Waals surface area contributed by atoms with Gasteiger partial charge in [0.2, 0.25) is 5.91 Å². The largest absolute Gasteiger partial charge is 0.494 e. The van der Waals surface area contributed by atoms with Crippen molar-refractivity contribution in [2.45, 2.75) is 26.3 Å². The summed E-state index contributed by atoms with van der Waals surface area (Å²) in [5.74, 6) is -0.401. The van der Waals surface area contributed by atoms with Crippen LogP contribution in [0.5, 0.6) is 5.75 Å². The molecule has 0 aliphatic heterocycles. The molecule has 2 aromatic rings. The number of halogens is 1. The predicted molar refractivity (Wildman–Crippen MR) is 99.9 cm³/mol. The molecule has 1 heterocycles. The molecular weight excluding hydrogens is 355 g/mol. The molecule has 0 unspecified atom stereocenters. The van der Waals surface area contributed by atoms with Crippen molar-refractivity contribution < 1.29 is 18.7 Å². The first-order valence-corrected chi connectivity index (χ1v) is 9.40.